The van der Waals surface area contributed by atoms with E-state index in [1.165, 1.54) is 47.3 Å². The quantitative estimate of drug-likeness (QED) is 0.649. The Hall–Kier alpha value is -3.36. The maximum absolute atomic E-state index is 14.0. The second-order valence-electron chi connectivity index (χ2n) is 5.86. The number of ether oxygens (including phenoxy) is 1. The number of hydrogen-bond acceptors (Lipinski definition) is 3. The van der Waals surface area contributed by atoms with Gasteiger partial charge in [0.2, 0.25) is 0 Å². The first-order chi connectivity index (χ1) is 13.3. The molecule has 0 saturated heterocycles. The number of halogens is 4. The van der Waals surface area contributed by atoms with Gasteiger partial charge in [-0.25, -0.2) is 9.07 Å². The fraction of sp³-hybridized carbons (Fsp3) is 0.158. The normalized spacial score (nSPS) is 11.3. The van der Waals surface area contributed by atoms with Gasteiger partial charge in [0.1, 0.15) is 17.3 Å². The van der Waals surface area contributed by atoms with Crippen LogP contribution < -0.4 is 10.1 Å². The Morgan fingerprint density at radius 3 is 2.54 bits per heavy atom. The van der Waals surface area contributed by atoms with Crippen molar-refractivity contribution in [3.8, 4) is 11.4 Å². The number of rotatable bonds is 5. The number of para-hydroxylation sites is 3. The topological polar surface area (TPSA) is 56.1 Å². The van der Waals surface area contributed by atoms with Gasteiger partial charge in [-0.2, -0.15) is 18.3 Å². The van der Waals surface area contributed by atoms with Gasteiger partial charge in [-0.1, -0.05) is 24.3 Å². The highest BCUT2D eigenvalue weighted by Gasteiger charge is 2.29. The Bertz CT molecular complexity index is 999. The fourth-order valence-corrected chi connectivity index (χ4v) is 2.54. The number of hydrogen-bond donors (Lipinski definition) is 1. The molecule has 2 aromatic carbocycles. The first-order valence-corrected chi connectivity index (χ1v) is 8.16. The van der Waals surface area contributed by atoms with Crippen molar-refractivity contribution in [1.82, 2.24) is 9.78 Å². The number of nitrogens with zero attached hydrogens (tertiary/aromatic N) is 2. The summed E-state index contributed by atoms with van der Waals surface area (Å²) in [6.07, 6.45) is -3.25. The molecule has 0 aliphatic carbocycles. The number of anilines is 1. The Morgan fingerprint density at radius 2 is 1.82 bits per heavy atom. The third kappa shape index (κ3) is 4.30. The van der Waals surface area contributed by atoms with Crippen molar-refractivity contribution < 1.29 is 27.1 Å². The second-order valence-corrected chi connectivity index (χ2v) is 5.86. The average molecular weight is 393 g/mol. The van der Waals surface area contributed by atoms with Gasteiger partial charge in [0.15, 0.2) is 6.61 Å². The summed E-state index contributed by atoms with van der Waals surface area (Å²) in [5, 5.41) is 6.54. The molecule has 0 aliphatic heterocycles. The Kier molecular flexibility index (Phi) is 5.34. The van der Waals surface area contributed by atoms with Crippen LogP contribution in [0.3, 0.4) is 0 Å². The summed E-state index contributed by atoms with van der Waals surface area (Å²) in [6, 6.07) is 11.7. The van der Waals surface area contributed by atoms with Crippen molar-refractivity contribution in [2.75, 3.05) is 11.9 Å². The number of nitrogens with one attached hydrogen (secondary N) is 1. The summed E-state index contributed by atoms with van der Waals surface area (Å²) >= 11 is 0. The lowest BCUT2D eigenvalue weighted by molar-refractivity contribution is -0.153. The SMILES string of the molecule is Cc1c(C(=O)Nc2ccccc2OCC(F)(F)F)cnn1-c1ccccc1F. The highest BCUT2D eigenvalue weighted by Crippen LogP contribution is 2.27. The molecule has 0 atom stereocenters. The van der Waals surface area contributed by atoms with Gasteiger partial charge >= 0.3 is 6.18 Å². The molecule has 1 heterocycles. The van der Waals surface area contributed by atoms with Crippen LogP contribution in [-0.2, 0) is 0 Å². The molecule has 0 unspecified atom stereocenters. The van der Waals surface area contributed by atoms with Crippen LogP contribution in [0.25, 0.3) is 5.69 Å². The van der Waals surface area contributed by atoms with Crippen molar-refractivity contribution in [2.24, 2.45) is 0 Å². The summed E-state index contributed by atoms with van der Waals surface area (Å²) in [5.74, 6) is -1.23. The van der Waals surface area contributed by atoms with Crippen LogP contribution >= 0.6 is 0 Å². The predicted octanol–water partition coefficient (Wildman–Crippen LogP) is 4.51. The maximum Gasteiger partial charge on any atom is 0.422 e. The van der Waals surface area contributed by atoms with Gasteiger partial charge in [0.05, 0.1) is 23.1 Å². The van der Waals surface area contributed by atoms with E-state index in [0.29, 0.717) is 5.69 Å². The summed E-state index contributed by atoms with van der Waals surface area (Å²) in [5.41, 5.74) is 0.771. The highest BCUT2D eigenvalue weighted by molar-refractivity contribution is 6.05. The van der Waals surface area contributed by atoms with Gasteiger partial charge in [-0.05, 0) is 31.2 Å². The standard InChI is InChI=1S/C19H15F4N3O2/c1-12-13(10-24-26(12)16-8-4-2-6-14(16)20)18(27)25-15-7-3-5-9-17(15)28-11-19(21,22)23/h2-10H,11H2,1H3,(H,25,27). The Balaban J connectivity index is 1.83. The van der Waals surface area contributed by atoms with E-state index in [4.69, 9.17) is 4.74 Å². The van der Waals surface area contributed by atoms with Crippen LogP contribution in [0.1, 0.15) is 16.1 Å². The number of amides is 1. The van der Waals surface area contributed by atoms with Gasteiger partial charge in [0.25, 0.3) is 5.91 Å². The maximum atomic E-state index is 14.0. The molecule has 146 valence electrons. The molecule has 1 N–H and O–H groups in total. The zero-order valence-corrected chi connectivity index (χ0v) is 14.6. The van der Waals surface area contributed by atoms with Crippen LogP contribution in [0.4, 0.5) is 23.2 Å². The molecular weight excluding hydrogens is 378 g/mol. The van der Waals surface area contributed by atoms with Gasteiger partial charge < -0.3 is 10.1 Å². The molecule has 0 aliphatic rings. The fourth-order valence-electron chi connectivity index (χ4n) is 2.54. The first kappa shape index (κ1) is 19.4. The molecule has 5 nitrogen and oxygen atoms in total. The molecule has 1 aromatic heterocycles. The predicted molar refractivity (Wildman–Crippen MR) is 94.2 cm³/mol. The van der Waals surface area contributed by atoms with Crippen molar-refractivity contribution in [3.63, 3.8) is 0 Å². The van der Waals surface area contributed by atoms with Crippen LogP contribution in [0.15, 0.2) is 54.7 Å². The van der Waals surface area contributed by atoms with Crippen LogP contribution in [0.5, 0.6) is 5.75 Å². The third-order valence-corrected chi connectivity index (χ3v) is 3.86. The summed E-state index contributed by atoms with van der Waals surface area (Å²) in [4.78, 5) is 12.6. The van der Waals surface area contributed by atoms with E-state index < -0.39 is 24.5 Å². The minimum Gasteiger partial charge on any atom is -0.482 e. The zero-order valence-electron chi connectivity index (χ0n) is 14.6. The molecular formula is C19H15F4N3O2. The minimum atomic E-state index is -4.51. The number of carbonyl (C=O) groups is 1. The van der Waals surface area contributed by atoms with E-state index in [9.17, 15) is 22.4 Å². The Labute approximate surface area is 157 Å². The second kappa shape index (κ2) is 7.71. The Morgan fingerprint density at radius 1 is 1.14 bits per heavy atom. The number of benzene rings is 2. The third-order valence-electron chi connectivity index (χ3n) is 3.86. The molecule has 3 rings (SSSR count). The smallest absolute Gasteiger partial charge is 0.422 e. The van der Waals surface area contributed by atoms with E-state index in [1.54, 1.807) is 19.1 Å². The lowest BCUT2D eigenvalue weighted by Gasteiger charge is -2.13. The molecule has 0 spiro atoms. The van der Waals surface area contributed by atoms with Crippen molar-refractivity contribution >= 4 is 11.6 Å². The van der Waals surface area contributed by atoms with Crippen molar-refractivity contribution in [3.05, 3.63) is 71.8 Å². The summed E-state index contributed by atoms with van der Waals surface area (Å²) in [6.45, 7) is 0.102. The molecule has 28 heavy (non-hydrogen) atoms. The average Bonchev–Trinajstić information content (AvgIpc) is 3.02. The lowest BCUT2D eigenvalue weighted by Crippen LogP contribution is -2.20. The van der Waals surface area contributed by atoms with Gasteiger partial charge in [-0.3, -0.25) is 4.79 Å². The van der Waals surface area contributed by atoms with Gasteiger partial charge in [-0.15, -0.1) is 0 Å². The van der Waals surface area contributed by atoms with Crippen LogP contribution in [-0.4, -0.2) is 28.5 Å². The van der Waals surface area contributed by atoms with E-state index >= 15 is 0 Å². The van der Waals surface area contributed by atoms with E-state index in [0.717, 1.165) is 0 Å². The molecule has 0 radical (unpaired) electrons. The summed E-state index contributed by atoms with van der Waals surface area (Å²) < 4.78 is 57.2. The largest absolute Gasteiger partial charge is 0.482 e. The van der Waals surface area contributed by atoms with Crippen LogP contribution in [0.2, 0.25) is 0 Å². The van der Waals surface area contributed by atoms with E-state index in [1.807, 2.05) is 0 Å². The first-order valence-electron chi connectivity index (χ1n) is 8.16. The van der Waals surface area contributed by atoms with Crippen LogP contribution in [0, 0.1) is 12.7 Å². The molecule has 0 fully saturated rings. The molecule has 0 bridgehead atoms. The lowest BCUT2D eigenvalue weighted by atomic mass is 10.2. The number of alkyl halides is 3. The molecule has 3 aromatic rings. The van der Waals surface area contributed by atoms with Crippen molar-refractivity contribution in [2.45, 2.75) is 13.1 Å². The number of carbonyl (C=O) groups excluding carboxylic acids is 1. The minimum absolute atomic E-state index is 0.0785. The molecule has 0 saturated carbocycles. The van der Waals surface area contributed by atoms with E-state index in [-0.39, 0.29) is 22.7 Å². The van der Waals surface area contributed by atoms with Crippen molar-refractivity contribution in [1.29, 1.82) is 0 Å². The monoisotopic (exact) mass is 393 g/mol. The summed E-state index contributed by atoms with van der Waals surface area (Å²) in [7, 11) is 0. The molecule has 9 heteroatoms. The zero-order chi connectivity index (χ0) is 20.3. The molecule has 1 amide bonds. The van der Waals surface area contributed by atoms with Gasteiger partial charge in [0, 0.05) is 0 Å². The highest BCUT2D eigenvalue weighted by atomic mass is 19.4. The van der Waals surface area contributed by atoms with E-state index in [2.05, 4.69) is 10.4 Å². The number of aromatic nitrogens is 2.